The highest BCUT2D eigenvalue weighted by Gasteiger charge is 2.14. The maximum absolute atomic E-state index is 11.9. The van der Waals surface area contributed by atoms with Gasteiger partial charge in [0.1, 0.15) is 0 Å². The molecule has 1 atom stereocenters. The summed E-state index contributed by atoms with van der Waals surface area (Å²) >= 11 is 0. The van der Waals surface area contributed by atoms with Crippen LogP contribution in [0.25, 0.3) is 11.3 Å². The van der Waals surface area contributed by atoms with E-state index in [1.165, 1.54) is 0 Å². The van der Waals surface area contributed by atoms with Crippen molar-refractivity contribution in [3.8, 4) is 11.3 Å². The van der Waals surface area contributed by atoms with Crippen molar-refractivity contribution in [2.24, 2.45) is 5.92 Å². The molecule has 2 aromatic rings. The summed E-state index contributed by atoms with van der Waals surface area (Å²) in [4.78, 5) is 39.6. The van der Waals surface area contributed by atoms with Gasteiger partial charge in [-0.15, -0.1) is 0 Å². The number of rotatable bonds is 11. The zero-order valence-electron chi connectivity index (χ0n) is 20.0. The van der Waals surface area contributed by atoms with Gasteiger partial charge >= 0.3 is 12.1 Å². The summed E-state index contributed by atoms with van der Waals surface area (Å²) < 4.78 is 12.0. The number of hydrogen-bond acceptors (Lipinski definition) is 7. The number of ether oxygens (including phenoxy) is 2. The van der Waals surface area contributed by atoms with E-state index >= 15 is 0 Å². The molecule has 2 N–H and O–H groups in total. The highest BCUT2D eigenvalue weighted by atomic mass is 16.6. The Morgan fingerprint density at radius 2 is 1.76 bits per heavy atom. The number of nitrogens with zero attached hydrogens (tertiary/aromatic N) is 2. The summed E-state index contributed by atoms with van der Waals surface area (Å²) in [6, 6.07) is 7.48. The van der Waals surface area contributed by atoms with Crippen molar-refractivity contribution >= 4 is 23.7 Å². The zero-order valence-corrected chi connectivity index (χ0v) is 20.0. The first kappa shape index (κ1) is 25.9. The van der Waals surface area contributed by atoms with Crippen LogP contribution < -0.4 is 10.6 Å². The number of hydrogen-bond donors (Lipinski definition) is 2. The number of imidazole rings is 1. The number of alkyl carbamates (subject to hydrolysis) is 1. The quantitative estimate of drug-likeness (QED) is 0.490. The van der Waals surface area contributed by atoms with Gasteiger partial charge in [0.2, 0.25) is 5.91 Å². The van der Waals surface area contributed by atoms with Crippen molar-refractivity contribution in [2.45, 2.75) is 66.2 Å². The summed E-state index contributed by atoms with van der Waals surface area (Å²) in [5.41, 5.74) is 2.58. The molecule has 0 aliphatic rings. The molecule has 0 bridgehead atoms. The van der Waals surface area contributed by atoms with E-state index in [1.54, 1.807) is 20.2 Å². The van der Waals surface area contributed by atoms with Crippen molar-refractivity contribution in [1.29, 1.82) is 0 Å². The molecule has 0 radical (unpaired) electrons. The van der Waals surface area contributed by atoms with Crippen LogP contribution in [0.4, 0.5) is 10.5 Å². The Balaban J connectivity index is 1.82. The molecule has 0 aliphatic carbocycles. The minimum Gasteiger partial charge on any atom is -0.465 e. The van der Waals surface area contributed by atoms with Gasteiger partial charge in [0, 0.05) is 36.5 Å². The largest absolute Gasteiger partial charge is 0.465 e. The molecule has 2 rings (SSSR count). The van der Waals surface area contributed by atoms with Gasteiger partial charge in [0.25, 0.3) is 0 Å². The molecule has 0 fully saturated rings. The molecule has 0 saturated carbocycles. The second kappa shape index (κ2) is 12.6. The number of nitrogens with one attached hydrogen (secondary N) is 2. The Morgan fingerprint density at radius 3 is 2.39 bits per heavy atom. The minimum atomic E-state index is -0.738. The third kappa shape index (κ3) is 9.76. The Hall–Kier alpha value is -3.36. The molecule has 1 aromatic carbocycles. The van der Waals surface area contributed by atoms with Gasteiger partial charge in [-0.2, -0.15) is 0 Å². The second-order valence-corrected chi connectivity index (χ2v) is 8.65. The van der Waals surface area contributed by atoms with Gasteiger partial charge in [-0.1, -0.05) is 26.0 Å². The third-order valence-electron chi connectivity index (χ3n) is 4.45. The number of benzene rings is 1. The van der Waals surface area contributed by atoms with Gasteiger partial charge in [-0.05, 0) is 38.8 Å². The summed E-state index contributed by atoms with van der Waals surface area (Å²) in [6.07, 6.45) is 2.98. The molecule has 0 spiro atoms. The van der Waals surface area contributed by atoms with Crippen molar-refractivity contribution in [3.63, 3.8) is 0 Å². The lowest BCUT2D eigenvalue weighted by Crippen LogP contribution is -2.35. The lowest BCUT2D eigenvalue weighted by Gasteiger charge is -2.15. The van der Waals surface area contributed by atoms with Crippen LogP contribution in [0, 0.1) is 5.92 Å². The van der Waals surface area contributed by atoms with Crippen LogP contribution in [0.15, 0.2) is 36.8 Å². The maximum atomic E-state index is 11.9. The molecule has 2 amide bonds. The van der Waals surface area contributed by atoms with Crippen molar-refractivity contribution in [3.05, 3.63) is 36.8 Å². The van der Waals surface area contributed by atoms with Crippen molar-refractivity contribution < 1.29 is 23.9 Å². The van der Waals surface area contributed by atoms with Gasteiger partial charge in [-0.25, -0.2) is 9.78 Å². The lowest BCUT2D eigenvalue weighted by atomic mass is 10.1. The number of aryl methyl sites for hydroxylation is 1. The molecule has 1 heterocycles. The van der Waals surface area contributed by atoms with E-state index in [1.807, 2.05) is 55.8 Å². The highest BCUT2D eigenvalue weighted by molar-refractivity contribution is 5.92. The molecule has 0 aliphatic heterocycles. The van der Waals surface area contributed by atoms with E-state index in [4.69, 9.17) is 9.47 Å². The van der Waals surface area contributed by atoms with Gasteiger partial charge in [0.15, 0.2) is 0 Å². The molecule has 0 saturated heterocycles. The van der Waals surface area contributed by atoms with Gasteiger partial charge < -0.3 is 19.4 Å². The van der Waals surface area contributed by atoms with E-state index in [-0.39, 0.29) is 24.5 Å². The summed E-state index contributed by atoms with van der Waals surface area (Å²) in [5, 5.41) is 5.44. The van der Waals surface area contributed by atoms with Crippen molar-refractivity contribution in [2.75, 3.05) is 11.9 Å². The topological polar surface area (TPSA) is 112 Å². The first-order valence-corrected chi connectivity index (χ1v) is 11.2. The summed E-state index contributed by atoms with van der Waals surface area (Å²) in [7, 11) is 0. The Labute approximate surface area is 194 Å². The average Bonchev–Trinajstić information content (AvgIpc) is 3.19. The van der Waals surface area contributed by atoms with Crippen molar-refractivity contribution in [1.82, 2.24) is 14.9 Å². The average molecular weight is 459 g/mol. The SMILES string of the molecule is CC(C)COC(=O)CCn1cnc(-c2ccc(NC(C)CC(=O)NC(=O)OC(C)C)cc2)c1. The molecule has 180 valence electrons. The monoisotopic (exact) mass is 458 g/mol. The number of imide groups is 1. The first-order valence-electron chi connectivity index (χ1n) is 11.2. The summed E-state index contributed by atoms with van der Waals surface area (Å²) in [5.74, 6) is -0.301. The fraction of sp³-hybridized carbons (Fsp3) is 0.500. The number of carbonyl (C=O) groups is 3. The number of aromatic nitrogens is 2. The molecule has 9 nitrogen and oxygen atoms in total. The van der Waals surface area contributed by atoms with Crippen LogP contribution in [0.3, 0.4) is 0 Å². The maximum Gasteiger partial charge on any atom is 0.414 e. The third-order valence-corrected chi connectivity index (χ3v) is 4.45. The predicted molar refractivity (Wildman–Crippen MR) is 126 cm³/mol. The fourth-order valence-corrected chi connectivity index (χ4v) is 2.94. The van der Waals surface area contributed by atoms with E-state index in [9.17, 15) is 14.4 Å². The smallest absolute Gasteiger partial charge is 0.414 e. The molecule has 9 heteroatoms. The van der Waals surface area contributed by atoms with E-state index in [2.05, 4.69) is 15.6 Å². The lowest BCUT2D eigenvalue weighted by molar-refractivity contribution is -0.145. The number of amides is 2. The van der Waals surface area contributed by atoms with E-state index in [0.717, 1.165) is 16.9 Å². The second-order valence-electron chi connectivity index (χ2n) is 8.65. The van der Waals surface area contributed by atoms with E-state index < -0.39 is 12.0 Å². The number of esters is 1. The van der Waals surface area contributed by atoms with Crippen LogP contribution >= 0.6 is 0 Å². The Morgan fingerprint density at radius 1 is 1.06 bits per heavy atom. The fourth-order valence-electron chi connectivity index (χ4n) is 2.94. The number of carbonyl (C=O) groups excluding carboxylic acids is 3. The summed E-state index contributed by atoms with van der Waals surface area (Å²) in [6.45, 7) is 10.2. The predicted octanol–water partition coefficient (Wildman–Crippen LogP) is 3.99. The molecule has 33 heavy (non-hydrogen) atoms. The molecule has 1 unspecified atom stereocenters. The number of anilines is 1. The molecule has 1 aromatic heterocycles. The minimum absolute atomic E-state index is 0.124. The van der Waals surface area contributed by atoms with E-state index in [0.29, 0.717) is 25.5 Å². The molecular formula is C24H34N4O5. The van der Waals surface area contributed by atoms with Crippen LogP contribution in [-0.4, -0.2) is 46.3 Å². The van der Waals surface area contributed by atoms with Crippen LogP contribution in [0.1, 0.15) is 47.5 Å². The Kier molecular flexibility index (Phi) is 9.90. The van der Waals surface area contributed by atoms with Crippen LogP contribution in [0.2, 0.25) is 0 Å². The normalized spacial score (nSPS) is 11.8. The van der Waals surface area contributed by atoms with Gasteiger partial charge in [0.05, 0.1) is 31.2 Å². The zero-order chi connectivity index (χ0) is 24.4. The standard InChI is InChI=1S/C24H34N4O5/c1-16(2)14-32-23(30)10-11-28-13-21(25-15-28)19-6-8-20(9-7-19)26-18(5)12-22(29)27-24(31)33-17(3)4/h6-9,13,15-18,26H,10-12,14H2,1-5H3,(H,27,29,31). The first-order chi connectivity index (χ1) is 15.6. The van der Waals surface area contributed by atoms with Gasteiger partial charge in [-0.3, -0.25) is 14.9 Å². The highest BCUT2D eigenvalue weighted by Crippen LogP contribution is 2.20. The van der Waals surface area contributed by atoms with Crippen LogP contribution in [-0.2, 0) is 25.6 Å². The Bertz CT molecular complexity index is 921. The van der Waals surface area contributed by atoms with Crippen LogP contribution in [0.5, 0.6) is 0 Å². The molecular weight excluding hydrogens is 424 g/mol.